The van der Waals surface area contributed by atoms with Gasteiger partial charge in [0.25, 0.3) is 5.91 Å². The van der Waals surface area contributed by atoms with Crippen LogP contribution in [0.25, 0.3) is 5.69 Å². The van der Waals surface area contributed by atoms with E-state index in [-0.39, 0.29) is 18.5 Å². The van der Waals surface area contributed by atoms with Crippen LogP contribution in [0.1, 0.15) is 21.5 Å². The van der Waals surface area contributed by atoms with Crippen LogP contribution in [0.2, 0.25) is 0 Å². The molecule has 0 bridgehead atoms. The number of carbonyl (C=O) groups is 1. The molecule has 7 nitrogen and oxygen atoms in total. The molecule has 27 heavy (non-hydrogen) atoms. The van der Waals surface area contributed by atoms with Crippen molar-refractivity contribution in [3.8, 4) is 5.69 Å². The third-order valence-electron chi connectivity index (χ3n) is 4.80. The fourth-order valence-corrected chi connectivity index (χ4v) is 3.26. The quantitative estimate of drug-likeness (QED) is 0.631. The van der Waals surface area contributed by atoms with Crippen LogP contribution in [0.15, 0.2) is 61.2 Å². The summed E-state index contributed by atoms with van der Waals surface area (Å²) in [5.41, 5.74) is 3.71. The molecule has 0 saturated heterocycles. The van der Waals surface area contributed by atoms with Crippen molar-refractivity contribution < 1.29 is 9.90 Å². The Morgan fingerprint density at radius 3 is 2.93 bits per heavy atom. The highest BCUT2D eigenvalue weighted by molar-refractivity contribution is 5.93. The number of fused-ring (bicyclic) bond motifs is 1. The number of carbonyl (C=O) groups excluding carboxylic acids is 1. The SMILES string of the molecule is O=C(NCC(O)[C@@H]1Cc2ccccc2CN1)c1cnn(-c2cccnc2)c1. The van der Waals surface area contributed by atoms with Gasteiger partial charge in [-0.3, -0.25) is 9.78 Å². The van der Waals surface area contributed by atoms with E-state index in [0.29, 0.717) is 5.56 Å². The maximum absolute atomic E-state index is 12.4. The predicted octanol–water partition coefficient (Wildman–Crippen LogP) is 1.07. The molecule has 138 valence electrons. The molecule has 3 aromatic rings. The zero-order chi connectivity index (χ0) is 18.6. The first-order valence-corrected chi connectivity index (χ1v) is 8.92. The molecule has 0 saturated carbocycles. The van der Waals surface area contributed by atoms with Crippen molar-refractivity contribution in [1.82, 2.24) is 25.4 Å². The molecule has 0 fully saturated rings. The van der Waals surface area contributed by atoms with E-state index >= 15 is 0 Å². The summed E-state index contributed by atoms with van der Waals surface area (Å²) in [6.07, 6.45) is 6.57. The average molecular weight is 363 g/mol. The number of aliphatic hydroxyl groups excluding tert-OH is 1. The minimum Gasteiger partial charge on any atom is -0.390 e. The van der Waals surface area contributed by atoms with E-state index < -0.39 is 6.10 Å². The first kappa shape index (κ1) is 17.4. The van der Waals surface area contributed by atoms with Crippen molar-refractivity contribution in [3.05, 3.63) is 77.9 Å². The number of nitrogens with zero attached hydrogens (tertiary/aromatic N) is 3. The Labute approximate surface area is 157 Å². The van der Waals surface area contributed by atoms with Gasteiger partial charge in [0, 0.05) is 31.5 Å². The van der Waals surface area contributed by atoms with E-state index in [0.717, 1.165) is 18.7 Å². The second-order valence-electron chi connectivity index (χ2n) is 6.62. The van der Waals surface area contributed by atoms with E-state index in [9.17, 15) is 9.90 Å². The van der Waals surface area contributed by atoms with E-state index in [1.807, 2.05) is 24.3 Å². The molecule has 1 aromatic carbocycles. The lowest BCUT2D eigenvalue weighted by atomic mass is 9.93. The van der Waals surface area contributed by atoms with Crippen molar-refractivity contribution in [3.63, 3.8) is 0 Å². The Hall–Kier alpha value is -3.03. The lowest BCUT2D eigenvalue weighted by molar-refractivity contribution is 0.0870. The van der Waals surface area contributed by atoms with Gasteiger partial charge in [0.05, 0.1) is 29.7 Å². The third kappa shape index (κ3) is 3.89. The van der Waals surface area contributed by atoms with E-state index in [4.69, 9.17) is 0 Å². The fourth-order valence-electron chi connectivity index (χ4n) is 3.26. The number of hydrogen-bond donors (Lipinski definition) is 3. The smallest absolute Gasteiger partial charge is 0.254 e. The molecule has 1 aliphatic heterocycles. The first-order chi connectivity index (χ1) is 13.2. The molecule has 4 rings (SSSR count). The molecular formula is C20H21N5O2. The summed E-state index contributed by atoms with van der Waals surface area (Å²) in [7, 11) is 0. The number of aromatic nitrogens is 3. The zero-order valence-corrected chi connectivity index (χ0v) is 14.7. The predicted molar refractivity (Wildman–Crippen MR) is 100 cm³/mol. The highest BCUT2D eigenvalue weighted by atomic mass is 16.3. The first-order valence-electron chi connectivity index (χ1n) is 8.92. The second-order valence-corrected chi connectivity index (χ2v) is 6.62. The summed E-state index contributed by atoms with van der Waals surface area (Å²) in [4.78, 5) is 16.4. The van der Waals surface area contributed by atoms with Crippen molar-refractivity contribution in [2.45, 2.75) is 25.1 Å². The van der Waals surface area contributed by atoms with Gasteiger partial charge in [0.2, 0.25) is 0 Å². The molecule has 7 heteroatoms. The Morgan fingerprint density at radius 2 is 2.11 bits per heavy atom. The Bertz CT molecular complexity index is 925. The van der Waals surface area contributed by atoms with E-state index in [1.165, 1.54) is 17.3 Å². The number of nitrogens with one attached hydrogen (secondary N) is 2. The standard InChI is InChI=1S/C20H21N5O2/c26-19(18-8-14-4-1-2-5-15(14)9-22-18)12-23-20(27)16-10-24-25(13-16)17-6-3-7-21-11-17/h1-7,10-11,13,18-19,22,26H,8-9,12H2,(H,23,27)/t18-,19?/m0/s1. The summed E-state index contributed by atoms with van der Waals surface area (Å²) < 4.78 is 1.60. The van der Waals surface area contributed by atoms with Gasteiger partial charge >= 0.3 is 0 Å². The van der Waals surface area contributed by atoms with Crippen LogP contribution >= 0.6 is 0 Å². The van der Waals surface area contributed by atoms with Crippen LogP contribution < -0.4 is 10.6 Å². The van der Waals surface area contributed by atoms with Gasteiger partial charge < -0.3 is 15.7 Å². The minimum atomic E-state index is -0.671. The lowest BCUT2D eigenvalue weighted by Crippen LogP contribution is -2.49. The number of benzene rings is 1. The largest absolute Gasteiger partial charge is 0.390 e. The number of hydrogen-bond acceptors (Lipinski definition) is 5. The normalized spacial score (nSPS) is 17.1. The highest BCUT2D eigenvalue weighted by Gasteiger charge is 2.24. The van der Waals surface area contributed by atoms with Crippen LogP contribution in [-0.2, 0) is 13.0 Å². The van der Waals surface area contributed by atoms with E-state index in [2.05, 4.69) is 32.8 Å². The van der Waals surface area contributed by atoms with Crippen LogP contribution in [0.5, 0.6) is 0 Å². The molecule has 1 unspecified atom stereocenters. The lowest BCUT2D eigenvalue weighted by Gasteiger charge is -2.29. The summed E-state index contributed by atoms with van der Waals surface area (Å²) in [6, 6.07) is 11.8. The highest BCUT2D eigenvalue weighted by Crippen LogP contribution is 2.17. The molecule has 3 N–H and O–H groups in total. The summed E-state index contributed by atoms with van der Waals surface area (Å²) >= 11 is 0. The molecule has 3 heterocycles. The van der Waals surface area contributed by atoms with Gasteiger partial charge in [-0.25, -0.2) is 4.68 Å². The third-order valence-corrected chi connectivity index (χ3v) is 4.80. The van der Waals surface area contributed by atoms with Gasteiger partial charge in [-0.2, -0.15) is 5.10 Å². The summed E-state index contributed by atoms with van der Waals surface area (Å²) in [5.74, 6) is -0.264. The monoisotopic (exact) mass is 363 g/mol. The number of aliphatic hydroxyl groups is 1. The van der Waals surface area contributed by atoms with Crippen molar-refractivity contribution >= 4 is 5.91 Å². The number of amides is 1. The molecule has 1 amide bonds. The van der Waals surface area contributed by atoms with Gasteiger partial charge in [-0.15, -0.1) is 0 Å². The van der Waals surface area contributed by atoms with Gasteiger partial charge in [-0.05, 0) is 29.7 Å². The Morgan fingerprint density at radius 1 is 1.26 bits per heavy atom. The Balaban J connectivity index is 1.34. The van der Waals surface area contributed by atoms with Crippen LogP contribution in [-0.4, -0.2) is 44.5 Å². The molecule has 2 aromatic heterocycles. The van der Waals surface area contributed by atoms with E-state index in [1.54, 1.807) is 23.3 Å². The molecule has 2 atom stereocenters. The van der Waals surface area contributed by atoms with Gasteiger partial charge in [0.15, 0.2) is 0 Å². The molecule has 0 spiro atoms. The maximum Gasteiger partial charge on any atom is 0.254 e. The minimum absolute atomic E-state index is 0.0849. The summed E-state index contributed by atoms with van der Waals surface area (Å²) in [6.45, 7) is 0.903. The van der Waals surface area contributed by atoms with Gasteiger partial charge in [-0.1, -0.05) is 24.3 Å². The fraction of sp³-hybridized carbons (Fsp3) is 0.250. The topological polar surface area (TPSA) is 92.1 Å². The summed E-state index contributed by atoms with van der Waals surface area (Å²) in [5, 5.41) is 20.8. The van der Waals surface area contributed by atoms with Crippen molar-refractivity contribution in [2.75, 3.05) is 6.54 Å². The molecule has 0 aliphatic carbocycles. The van der Waals surface area contributed by atoms with Gasteiger partial charge in [0.1, 0.15) is 0 Å². The zero-order valence-electron chi connectivity index (χ0n) is 14.7. The number of pyridine rings is 1. The Kier molecular flexibility index (Phi) is 4.95. The van der Waals surface area contributed by atoms with Crippen molar-refractivity contribution in [1.29, 1.82) is 0 Å². The van der Waals surface area contributed by atoms with Crippen LogP contribution in [0, 0.1) is 0 Å². The number of rotatable bonds is 5. The van der Waals surface area contributed by atoms with Crippen LogP contribution in [0.4, 0.5) is 0 Å². The van der Waals surface area contributed by atoms with Crippen LogP contribution in [0.3, 0.4) is 0 Å². The molecule has 1 aliphatic rings. The molecule has 0 radical (unpaired) electrons. The molecular weight excluding hydrogens is 342 g/mol. The second kappa shape index (κ2) is 7.69. The van der Waals surface area contributed by atoms with Crippen molar-refractivity contribution in [2.24, 2.45) is 0 Å². The average Bonchev–Trinajstić information content (AvgIpc) is 3.22. The maximum atomic E-state index is 12.4.